The largest absolute Gasteiger partial charge is 0.295 e. The normalized spacial score (nSPS) is 11.6. The minimum atomic E-state index is -3.81. The summed E-state index contributed by atoms with van der Waals surface area (Å²) in [7, 11) is -3.81. The van der Waals surface area contributed by atoms with Crippen molar-refractivity contribution in [3.8, 4) is 11.3 Å². The summed E-state index contributed by atoms with van der Waals surface area (Å²) in [5.74, 6) is -0.0272. The molecule has 0 spiro atoms. The van der Waals surface area contributed by atoms with Gasteiger partial charge < -0.3 is 0 Å². The van der Waals surface area contributed by atoms with E-state index in [0.29, 0.717) is 11.3 Å². The number of nitrogens with zero attached hydrogens (tertiary/aromatic N) is 1. The predicted octanol–water partition coefficient (Wildman–Crippen LogP) is 5.25. The van der Waals surface area contributed by atoms with E-state index in [-0.39, 0.29) is 16.6 Å². The molecule has 0 saturated heterocycles. The van der Waals surface area contributed by atoms with Crippen LogP contribution in [0.5, 0.6) is 0 Å². The van der Waals surface area contributed by atoms with Crippen molar-refractivity contribution in [1.29, 1.82) is 0 Å². The molecule has 0 atom stereocenters. The van der Waals surface area contributed by atoms with Gasteiger partial charge >= 0.3 is 0 Å². The summed E-state index contributed by atoms with van der Waals surface area (Å²) in [4.78, 5) is 16.1. The Morgan fingerprint density at radius 3 is 2.32 bits per heavy atom. The van der Waals surface area contributed by atoms with Crippen molar-refractivity contribution < 1.29 is 13.2 Å². The number of rotatable bonds is 6. The molecular weight excluding hydrogens is 392 g/mol. The fourth-order valence-corrected chi connectivity index (χ4v) is 4.96. The molecule has 7 heteroatoms. The number of aryl methyl sites for hydroxylation is 1. The third kappa shape index (κ3) is 4.31. The first-order chi connectivity index (χ1) is 13.2. The maximum atomic E-state index is 13.1. The van der Waals surface area contributed by atoms with Gasteiger partial charge in [-0.2, -0.15) is 0 Å². The monoisotopic (exact) mass is 414 g/mol. The van der Waals surface area contributed by atoms with E-state index in [4.69, 9.17) is 0 Å². The van der Waals surface area contributed by atoms with Gasteiger partial charge in [0.2, 0.25) is 0 Å². The third-order valence-corrected chi connectivity index (χ3v) is 6.59. The van der Waals surface area contributed by atoms with E-state index in [1.165, 1.54) is 18.3 Å². The highest BCUT2D eigenvalue weighted by molar-refractivity contribution is 7.92. The van der Waals surface area contributed by atoms with Gasteiger partial charge in [-0.1, -0.05) is 26.0 Å². The number of ketones is 1. The first-order valence-corrected chi connectivity index (χ1v) is 11.2. The summed E-state index contributed by atoms with van der Waals surface area (Å²) < 4.78 is 28.9. The van der Waals surface area contributed by atoms with Gasteiger partial charge in [0.1, 0.15) is 0 Å². The summed E-state index contributed by atoms with van der Waals surface area (Å²) in [6.07, 6.45) is 0. The number of thiazole rings is 1. The maximum Gasteiger partial charge on any atom is 0.262 e. The highest BCUT2D eigenvalue weighted by atomic mass is 32.2. The van der Waals surface area contributed by atoms with Gasteiger partial charge in [0, 0.05) is 22.2 Å². The number of aromatic nitrogens is 1. The molecule has 146 valence electrons. The first-order valence-electron chi connectivity index (χ1n) is 8.87. The average molecular weight is 415 g/mol. The fourth-order valence-electron chi connectivity index (χ4n) is 2.88. The molecule has 0 aliphatic heterocycles. The van der Waals surface area contributed by atoms with Gasteiger partial charge in [-0.3, -0.25) is 9.52 Å². The van der Waals surface area contributed by atoms with E-state index < -0.39 is 10.0 Å². The number of anilines is 1. The molecule has 28 heavy (non-hydrogen) atoms. The molecule has 1 N–H and O–H groups in total. The molecule has 1 heterocycles. The van der Waals surface area contributed by atoms with Crippen LogP contribution in [0.3, 0.4) is 0 Å². The van der Waals surface area contributed by atoms with Gasteiger partial charge in [-0.05, 0) is 55.7 Å². The second-order valence-corrected chi connectivity index (χ2v) is 9.61. The second-order valence-electron chi connectivity index (χ2n) is 6.90. The van der Waals surface area contributed by atoms with Crippen LogP contribution in [0.1, 0.15) is 47.6 Å². The molecule has 1 aromatic heterocycles. The van der Waals surface area contributed by atoms with Crippen LogP contribution in [-0.4, -0.2) is 19.2 Å². The minimum absolute atomic E-state index is 0.0397. The summed E-state index contributed by atoms with van der Waals surface area (Å²) in [5.41, 5.74) is 3.21. The van der Waals surface area contributed by atoms with Crippen LogP contribution in [0.15, 0.2) is 52.7 Å². The van der Waals surface area contributed by atoms with Crippen molar-refractivity contribution >= 4 is 32.8 Å². The van der Waals surface area contributed by atoms with E-state index in [0.717, 1.165) is 21.8 Å². The lowest BCUT2D eigenvalue weighted by molar-refractivity contribution is 0.101. The Morgan fingerprint density at radius 2 is 1.79 bits per heavy atom. The molecule has 0 amide bonds. The zero-order valence-electron chi connectivity index (χ0n) is 16.2. The summed E-state index contributed by atoms with van der Waals surface area (Å²) in [6, 6.07) is 11.8. The highest BCUT2D eigenvalue weighted by Crippen LogP contribution is 2.31. The fraction of sp³-hybridized carbons (Fsp3) is 0.238. The van der Waals surface area contributed by atoms with E-state index in [1.807, 2.05) is 38.3 Å². The number of carbonyl (C=O) groups excluding carboxylic acids is 1. The molecule has 2 aromatic carbocycles. The number of hydrogen-bond acceptors (Lipinski definition) is 5. The Kier molecular flexibility index (Phi) is 5.67. The molecule has 3 aromatic rings. The summed E-state index contributed by atoms with van der Waals surface area (Å²) in [6.45, 7) is 7.31. The molecular formula is C21H22N2O3S2. The van der Waals surface area contributed by atoms with Gasteiger partial charge in [0.05, 0.1) is 15.6 Å². The number of carbonyl (C=O) groups is 1. The Labute approximate surface area is 169 Å². The van der Waals surface area contributed by atoms with E-state index >= 15 is 0 Å². The number of benzene rings is 2. The van der Waals surface area contributed by atoms with Crippen LogP contribution >= 0.6 is 11.3 Å². The van der Waals surface area contributed by atoms with Crippen molar-refractivity contribution in [3.05, 3.63) is 64.0 Å². The Hall–Kier alpha value is -2.51. The van der Waals surface area contributed by atoms with Crippen molar-refractivity contribution in [2.24, 2.45) is 0 Å². The highest BCUT2D eigenvalue weighted by Gasteiger charge is 2.22. The minimum Gasteiger partial charge on any atom is -0.295 e. The average Bonchev–Trinajstić information content (AvgIpc) is 3.07. The molecule has 5 nitrogen and oxygen atoms in total. The quantitative estimate of drug-likeness (QED) is 0.559. The molecule has 0 bridgehead atoms. The summed E-state index contributed by atoms with van der Waals surface area (Å²) >= 11 is 1.53. The molecule has 0 aliphatic rings. The predicted molar refractivity (Wildman–Crippen MR) is 114 cm³/mol. The Balaban J connectivity index is 2.02. The van der Waals surface area contributed by atoms with Gasteiger partial charge in [-0.15, -0.1) is 11.3 Å². The first kappa shape index (κ1) is 20.2. The van der Waals surface area contributed by atoms with Crippen LogP contribution in [0, 0.1) is 6.92 Å². The SMILES string of the molecule is CC(=O)c1ccc(NS(=O)(=O)c2cc(-c3csc(C)n3)ccc2C(C)C)cc1. The van der Waals surface area contributed by atoms with E-state index in [9.17, 15) is 13.2 Å². The van der Waals surface area contributed by atoms with Crippen LogP contribution in [-0.2, 0) is 10.0 Å². The van der Waals surface area contributed by atoms with Crippen LogP contribution in [0.4, 0.5) is 5.69 Å². The lowest BCUT2D eigenvalue weighted by Crippen LogP contribution is -2.16. The maximum absolute atomic E-state index is 13.1. The molecule has 0 aliphatic carbocycles. The Morgan fingerprint density at radius 1 is 1.11 bits per heavy atom. The molecule has 0 fully saturated rings. The number of hydrogen-bond donors (Lipinski definition) is 1. The molecule has 3 rings (SSSR count). The van der Waals surface area contributed by atoms with Crippen molar-refractivity contribution in [1.82, 2.24) is 4.98 Å². The lowest BCUT2D eigenvalue weighted by atomic mass is 10.0. The van der Waals surface area contributed by atoms with Crippen LogP contribution < -0.4 is 4.72 Å². The van der Waals surface area contributed by atoms with Gasteiger partial charge in [0.25, 0.3) is 10.0 Å². The van der Waals surface area contributed by atoms with Crippen molar-refractivity contribution in [2.45, 2.75) is 38.5 Å². The van der Waals surface area contributed by atoms with Crippen molar-refractivity contribution in [3.63, 3.8) is 0 Å². The van der Waals surface area contributed by atoms with Gasteiger partial charge in [0.15, 0.2) is 5.78 Å². The number of sulfonamides is 1. The number of Topliss-reactive ketones (excluding diaryl/α,β-unsaturated/α-hetero) is 1. The second kappa shape index (κ2) is 7.85. The van der Waals surface area contributed by atoms with E-state index in [1.54, 1.807) is 30.3 Å². The van der Waals surface area contributed by atoms with E-state index in [2.05, 4.69) is 9.71 Å². The van der Waals surface area contributed by atoms with Crippen LogP contribution in [0.2, 0.25) is 0 Å². The van der Waals surface area contributed by atoms with Crippen molar-refractivity contribution in [2.75, 3.05) is 4.72 Å². The standard InChI is InChI=1S/C21H22N2O3S2/c1-13(2)19-10-7-17(20-12-27-15(4)22-20)11-21(19)28(25,26)23-18-8-5-16(6-9-18)14(3)24/h5-13,23H,1-4H3. The lowest BCUT2D eigenvalue weighted by Gasteiger charge is -2.16. The molecule has 0 saturated carbocycles. The Bertz CT molecular complexity index is 1110. The third-order valence-electron chi connectivity index (χ3n) is 4.38. The van der Waals surface area contributed by atoms with Crippen LogP contribution in [0.25, 0.3) is 11.3 Å². The zero-order chi connectivity index (χ0) is 20.5. The summed E-state index contributed by atoms with van der Waals surface area (Å²) in [5, 5.41) is 2.85. The topological polar surface area (TPSA) is 76.1 Å². The zero-order valence-corrected chi connectivity index (χ0v) is 17.8. The van der Waals surface area contributed by atoms with Gasteiger partial charge in [-0.25, -0.2) is 13.4 Å². The smallest absolute Gasteiger partial charge is 0.262 e. The molecule has 0 radical (unpaired) electrons. The molecule has 0 unspecified atom stereocenters. The number of nitrogens with one attached hydrogen (secondary N) is 1.